The summed E-state index contributed by atoms with van der Waals surface area (Å²) >= 11 is 1.30. The van der Waals surface area contributed by atoms with Crippen molar-refractivity contribution in [1.82, 2.24) is 19.6 Å². The van der Waals surface area contributed by atoms with Crippen LogP contribution >= 0.6 is 11.3 Å². The van der Waals surface area contributed by atoms with Gasteiger partial charge in [-0.15, -0.1) is 11.3 Å². The average molecular weight is 441 g/mol. The zero-order valence-electron chi connectivity index (χ0n) is 17.7. The maximum atomic E-state index is 12.7. The lowest BCUT2D eigenvalue weighted by atomic mass is 10.2. The van der Waals surface area contributed by atoms with Crippen molar-refractivity contribution in [3.63, 3.8) is 0 Å². The molecule has 1 aromatic carbocycles. The van der Waals surface area contributed by atoms with Gasteiger partial charge in [-0.25, -0.2) is 9.48 Å². The maximum Gasteiger partial charge on any atom is 0.349 e. The van der Waals surface area contributed by atoms with Gasteiger partial charge in [0.25, 0.3) is 5.91 Å². The highest BCUT2D eigenvalue weighted by Crippen LogP contribution is 2.31. The molecular formula is C22H24N4O4S. The first-order valence-corrected chi connectivity index (χ1v) is 11.0. The topological polar surface area (TPSA) is 84.7 Å². The highest BCUT2D eigenvalue weighted by molar-refractivity contribution is 7.20. The molecule has 2 aromatic heterocycles. The number of carbonyl (C=O) groups excluding carboxylic acids is 3. The number of aryl methyl sites for hydroxylation is 1. The van der Waals surface area contributed by atoms with Crippen LogP contribution in [0.15, 0.2) is 36.4 Å². The average Bonchev–Trinajstić information content (AvgIpc) is 3.34. The summed E-state index contributed by atoms with van der Waals surface area (Å²) in [6, 6.07) is 11.5. The largest absolute Gasteiger partial charge is 0.448 e. The number of nitrogens with zero attached hydrogens (tertiary/aromatic N) is 4. The maximum absolute atomic E-state index is 12.7. The van der Waals surface area contributed by atoms with Gasteiger partial charge in [-0.2, -0.15) is 5.10 Å². The Balaban J connectivity index is 1.46. The van der Waals surface area contributed by atoms with Gasteiger partial charge in [0.05, 0.1) is 11.4 Å². The van der Waals surface area contributed by atoms with Crippen LogP contribution in [0.3, 0.4) is 0 Å². The van der Waals surface area contributed by atoms with E-state index in [1.54, 1.807) is 22.8 Å². The smallest absolute Gasteiger partial charge is 0.349 e. The standard InChI is InChI=1S/C22H24N4O4S/c1-14-18-13-19(31-21(18)26(23-14)17-7-5-4-6-8-17)22(29)30-15(2)20(28)25-11-9-24(10-12-25)16(3)27/h4-8,13,15H,9-12H2,1-3H3. The van der Waals surface area contributed by atoms with Crippen molar-refractivity contribution in [2.45, 2.75) is 26.9 Å². The van der Waals surface area contributed by atoms with Crippen molar-refractivity contribution in [1.29, 1.82) is 0 Å². The Morgan fingerprint density at radius 1 is 1.06 bits per heavy atom. The molecule has 3 heterocycles. The molecular weight excluding hydrogens is 416 g/mol. The first-order chi connectivity index (χ1) is 14.8. The predicted molar refractivity (Wildman–Crippen MR) is 117 cm³/mol. The Bertz CT molecular complexity index is 1130. The van der Waals surface area contributed by atoms with E-state index in [2.05, 4.69) is 5.10 Å². The van der Waals surface area contributed by atoms with E-state index >= 15 is 0 Å². The van der Waals surface area contributed by atoms with Crippen LogP contribution in [0.2, 0.25) is 0 Å². The van der Waals surface area contributed by atoms with Gasteiger partial charge in [0, 0.05) is 38.5 Å². The molecule has 162 valence electrons. The summed E-state index contributed by atoms with van der Waals surface area (Å²) in [6.07, 6.45) is -0.895. The number of thiophene rings is 1. The van der Waals surface area contributed by atoms with Crippen molar-refractivity contribution in [2.24, 2.45) is 0 Å². The van der Waals surface area contributed by atoms with Crippen LogP contribution in [-0.4, -0.2) is 69.6 Å². The molecule has 0 aliphatic carbocycles. The Morgan fingerprint density at radius 3 is 2.35 bits per heavy atom. The van der Waals surface area contributed by atoms with Crippen LogP contribution < -0.4 is 0 Å². The lowest BCUT2D eigenvalue weighted by Gasteiger charge is -2.35. The summed E-state index contributed by atoms with van der Waals surface area (Å²) < 4.78 is 7.29. The van der Waals surface area contributed by atoms with E-state index in [9.17, 15) is 14.4 Å². The SMILES string of the molecule is CC(=O)N1CCN(C(=O)C(C)OC(=O)c2cc3c(C)nn(-c4ccccc4)c3s2)CC1. The number of aromatic nitrogens is 2. The predicted octanol–water partition coefficient (Wildman–Crippen LogP) is 2.63. The Labute approximate surface area is 184 Å². The van der Waals surface area contributed by atoms with Gasteiger partial charge in [0.15, 0.2) is 6.10 Å². The van der Waals surface area contributed by atoms with Gasteiger partial charge >= 0.3 is 5.97 Å². The number of carbonyl (C=O) groups is 3. The first-order valence-electron chi connectivity index (χ1n) is 10.1. The number of hydrogen-bond acceptors (Lipinski definition) is 6. The van der Waals surface area contributed by atoms with Gasteiger partial charge < -0.3 is 14.5 Å². The molecule has 3 aromatic rings. The quantitative estimate of drug-likeness (QED) is 0.583. The van der Waals surface area contributed by atoms with E-state index in [1.807, 2.05) is 41.9 Å². The molecule has 0 radical (unpaired) electrons. The number of esters is 1. The molecule has 0 saturated carbocycles. The summed E-state index contributed by atoms with van der Waals surface area (Å²) in [5, 5.41) is 5.46. The molecule has 1 atom stereocenters. The number of ether oxygens (including phenoxy) is 1. The van der Waals surface area contributed by atoms with E-state index in [0.717, 1.165) is 21.6 Å². The number of fused-ring (bicyclic) bond motifs is 1. The van der Waals surface area contributed by atoms with Crippen LogP contribution in [0.5, 0.6) is 0 Å². The molecule has 0 spiro atoms. The van der Waals surface area contributed by atoms with Gasteiger partial charge in [0.1, 0.15) is 9.71 Å². The number of amides is 2. The molecule has 0 N–H and O–H groups in total. The molecule has 1 saturated heterocycles. The zero-order valence-corrected chi connectivity index (χ0v) is 18.5. The second kappa shape index (κ2) is 8.50. The molecule has 1 unspecified atom stereocenters. The van der Waals surface area contributed by atoms with Gasteiger partial charge in [0.2, 0.25) is 5.91 Å². The second-order valence-corrected chi connectivity index (χ2v) is 8.57. The molecule has 8 nitrogen and oxygen atoms in total. The van der Waals surface area contributed by atoms with Crippen molar-refractivity contribution in [3.8, 4) is 5.69 Å². The van der Waals surface area contributed by atoms with Crippen molar-refractivity contribution in [3.05, 3.63) is 47.0 Å². The van der Waals surface area contributed by atoms with E-state index in [0.29, 0.717) is 31.1 Å². The minimum Gasteiger partial charge on any atom is -0.448 e. The molecule has 31 heavy (non-hydrogen) atoms. The van der Waals surface area contributed by atoms with Gasteiger partial charge in [-0.05, 0) is 32.0 Å². The van der Waals surface area contributed by atoms with Crippen molar-refractivity contribution in [2.75, 3.05) is 26.2 Å². The minimum atomic E-state index is -0.895. The van der Waals surface area contributed by atoms with Gasteiger partial charge in [-0.1, -0.05) is 18.2 Å². The van der Waals surface area contributed by atoms with E-state index in [4.69, 9.17) is 4.74 Å². The van der Waals surface area contributed by atoms with Crippen LogP contribution in [-0.2, 0) is 14.3 Å². The van der Waals surface area contributed by atoms with Gasteiger partial charge in [-0.3, -0.25) is 9.59 Å². The number of piperazine rings is 1. The second-order valence-electron chi connectivity index (χ2n) is 7.54. The van der Waals surface area contributed by atoms with Crippen molar-refractivity contribution < 1.29 is 19.1 Å². The van der Waals surface area contributed by atoms with Crippen LogP contribution in [0, 0.1) is 6.92 Å². The molecule has 9 heteroatoms. The lowest BCUT2D eigenvalue weighted by Crippen LogP contribution is -2.52. The molecule has 1 aliphatic rings. The molecule has 2 amide bonds. The number of para-hydroxylation sites is 1. The monoisotopic (exact) mass is 440 g/mol. The first kappa shape index (κ1) is 21.0. The van der Waals surface area contributed by atoms with Crippen LogP contribution in [0.1, 0.15) is 29.2 Å². The molecule has 1 fully saturated rings. The fourth-order valence-corrected chi connectivity index (χ4v) is 4.73. The summed E-state index contributed by atoms with van der Waals surface area (Å²) in [5.74, 6) is -0.770. The fourth-order valence-electron chi connectivity index (χ4n) is 3.66. The third-order valence-electron chi connectivity index (χ3n) is 5.41. The van der Waals surface area contributed by atoms with E-state index < -0.39 is 12.1 Å². The highest BCUT2D eigenvalue weighted by atomic mass is 32.1. The summed E-state index contributed by atoms with van der Waals surface area (Å²) in [4.78, 5) is 41.5. The van der Waals surface area contributed by atoms with Crippen LogP contribution in [0.4, 0.5) is 0 Å². The normalized spacial score (nSPS) is 15.2. The molecule has 4 rings (SSSR count). The Morgan fingerprint density at radius 2 is 1.71 bits per heavy atom. The Kier molecular flexibility index (Phi) is 5.77. The minimum absolute atomic E-state index is 0.000647. The van der Waals surface area contributed by atoms with Crippen LogP contribution in [0.25, 0.3) is 15.9 Å². The van der Waals surface area contributed by atoms with E-state index in [1.165, 1.54) is 18.3 Å². The zero-order chi connectivity index (χ0) is 22.1. The highest BCUT2D eigenvalue weighted by Gasteiger charge is 2.29. The summed E-state index contributed by atoms with van der Waals surface area (Å²) in [6.45, 7) is 6.87. The summed E-state index contributed by atoms with van der Waals surface area (Å²) in [5.41, 5.74) is 1.73. The fraction of sp³-hybridized carbons (Fsp3) is 0.364. The summed E-state index contributed by atoms with van der Waals surface area (Å²) in [7, 11) is 0. The lowest BCUT2D eigenvalue weighted by molar-refractivity contribution is -0.144. The third kappa shape index (κ3) is 4.18. The third-order valence-corrected chi connectivity index (χ3v) is 6.51. The number of rotatable bonds is 4. The number of benzene rings is 1. The number of hydrogen-bond donors (Lipinski definition) is 0. The molecule has 0 bridgehead atoms. The Hall–Kier alpha value is -3.20. The van der Waals surface area contributed by atoms with Crippen molar-refractivity contribution >= 4 is 39.3 Å². The molecule has 1 aliphatic heterocycles. The van der Waals surface area contributed by atoms with E-state index in [-0.39, 0.29) is 11.8 Å².